The van der Waals surface area contributed by atoms with Gasteiger partial charge in [0.05, 0.1) is 38.0 Å². The van der Waals surface area contributed by atoms with E-state index in [0.29, 0.717) is 70.1 Å². The minimum Gasteiger partial charge on any atom is -0.466 e. The van der Waals surface area contributed by atoms with Crippen LogP contribution < -0.4 is 4.90 Å². The molecule has 2 aliphatic rings. The maximum Gasteiger partial charge on any atom is 0.309 e. The molecule has 0 spiro atoms. The van der Waals surface area contributed by atoms with Gasteiger partial charge >= 0.3 is 5.97 Å². The van der Waals surface area contributed by atoms with Crippen molar-refractivity contribution in [3.8, 4) is 0 Å². The number of halogens is 2. The van der Waals surface area contributed by atoms with Crippen LogP contribution in [0.3, 0.4) is 0 Å². The number of carbonyl (C=O) groups excluding carboxylic acids is 2. The molecule has 0 atom stereocenters. The van der Waals surface area contributed by atoms with E-state index in [1.165, 1.54) is 12.1 Å². The van der Waals surface area contributed by atoms with Crippen molar-refractivity contribution in [1.29, 1.82) is 0 Å². The van der Waals surface area contributed by atoms with Crippen molar-refractivity contribution in [2.24, 2.45) is 5.92 Å². The second-order valence-corrected chi connectivity index (χ2v) is 9.15. The number of nitrogens with zero attached hydrogens (tertiary/aromatic N) is 3. The minimum atomic E-state index is -0.641. The standard InChI is InChI=1S/C26H33F2N3O4/c1-4-35-26(33)19-7-9-30(10-8-19)25(32)24-17(2)23(29-11-13-34-14-12-29)18(3)31(24)16-20-5-6-21(27)15-22(20)28/h5-6,15,19H,4,7-14,16H2,1-3H3. The lowest BCUT2D eigenvalue weighted by molar-refractivity contribution is -0.149. The van der Waals surface area contributed by atoms with E-state index in [1.54, 1.807) is 11.8 Å². The van der Waals surface area contributed by atoms with Crippen LogP contribution in [-0.4, -0.2) is 67.3 Å². The lowest BCUT2D eigenvalue weighted by Crippen LogP contribution is -2.41. The van der Waals surface area contributed by atoms with Gasteiger partial charge in [0.2, 0.25) is 0 Å². The largest absolute Gasteiger partial charge is 0.466 e. The molecule has 190 valence electrons. The van der Waals surface area contributed by atoms with Crippen molar-refractivity contribution in [3.63, 3.8) is 0 Å². The number of piperidine rings is 1. The Morgan fingerprint density at radius 3 is 2.40 bits per heavy atom. The van der Waals surface area contributed by atoms with E-state index in [1.807, 2.05) is 18.4 Å². The molecule has 2 fully saturated rings. The molecule has 4 rings (SSSR count). The average molecular weight is 490 g/mol. The normalized spacial score (nSPS) is 17.1. The quantitative estimate of drug-likeness (QED) is 0.580. The maximum absolute atomic E-state index is 14.6. The second kappa shape index (κ2) is 10.8. The van der Waals surface area contributed by atoms with Crippen molar-refractivity contribution < 1.29 is 27.8 Å². The Hall–Kier alpha value is -2.94. The zero-order chi connectivity index (χ0) is 25.1. The van der Waals surface area contributed by atoms with Gasteiger partial charge < -0.3 is 23.8 Å². The number of amides is 1. The molecule has 2 aromatic rings. The number of hydrogen-bond donors (Lipinski definition) is 0. The Kier molecular flexibility index (Phi) is 7.74. The summed E-state index contributed by atoms with van der Waals surface area (Å²) in [7, 11) is 0. The average Bonchev–Trinajstić information content (AvgIpc) is 3.10. The molecular formula is C26H33F2N3O4. The van der Waals surface area contributed by atoms with Crippen molar-refractivity contribution in [2.45, 2.75) is 40.2 Å². The van der Waals surface area contributed by atoms with E-state index in [0.717, 1.165) is 23.0 Å². The first-order chi connectivity index (χ1) is 16.8. The number of benzene rings is 1. The molecule has 3 heterocycles. The van der Waals surface area contributed by atoms with Crippen molar-refractivity contribution in [2.75, 3.05) is 50.9 Å². The summed E-state index contributed by atoms with van der Waals surface area (Å²) >= 11 is 0. The van der Waals surface area contributed by atoms with Crippen molar-refractivity contribution in [1.82, 2.24) is 9.47 Å². The Balaban J connectivity index is 1.66. The molecule has 0 bridgehead atoms. The number of aromatic nitrogens is 1. The summed E-state index contributed by atoms with van der Waals surface area (Å²) in [5, 5.41) is 0. The smallest absolute Gasteiger partial charge is 0.309 e. The summed E-state index contributed by atoms with van der Waals surface area (Å²) in [5.74, 6) is -1.84. The first-order valence-corrected chi connectivity index (χ1v) is 12.2. The van der Waals surface area contributed by atoms with Crippen LogP contribution in [0.15, 0.2) is 18.2 Å². The Bertz CT molecular complexity index is 1090. The number of hydrogen-bond acceptors (Lipinski definition) is 5. The van der Waals surface area contributed by atoms with E-state index in [9.17, 15) is 18.4 Å². The van der Waals surface area contributed by atoms with Crippen LogP contribution in [0.4, 0.5) is 14.5 Å². The van der Waals surface area contributed by atoms with Gasteiger partial charge in [-0.3, -0.25) is 9.59 Å². The third-order valence-corrected chi connectivity index (χ3v) is 7.00. The molecule has 0 saturated carbocycles. The lowest BCUT2D eigenvalue weighted by atomic mass is 9.96. The van der Waals surface area contributed by atoms with Crippen LogP contribution in [0.5, 0.6) is 0 Å². The summed E-state index contributed by atoms with van der Waals surface area (Å²) in [4.78, 5) is 29.9. The number of anilines is 1. The van der Waals surface area contributed by atoms with Crippen LogP contribution in [0.25, 0.3) is 0 Å². The molecule has 7 nitrogen and oxygen atoms in total. The van der Waals surface area contributed by atoms with Gasteiger partial charge in [-0.2, -0.15) is 0 Å². The molecule has 9 heteroatoms. The van der Waals surface area contributed by atoms with E-state index in [2.05, 4.69) is 4.90 Å². The summed E-state index contributed by atoms with van der Waals surface area (Å²) < 4.78 is 40.6. The molecule has 0 radical (unpaired) electrons. The molecule has 2 saturated heterocycles. The molecule has 1 aromatic heterocycles. The molecule has 0 N–H and O–H groups in total. The number of ether oxygens (including phenoxy) is 2. The van der Waals surface area contributed by atoms with Crippen molar-refractivity contribution in [3.05, 3.63) is 52.3 Å². The third kappa shape index (κ3) is 5.19. The highest BCUT2D eigenvalue weighted by Gasteiger charge is 2.33. The van der Waals surface area contributed by atoms with Gasteiger partial charge in [0.1, 0.15) is 17.3 Å². The highest BCUT2D eigenvalue weighted by molar-refractivity contribution is 5.97. The summed E-state index contributed by atoms with van der Waals surface area (Å²) in [6, 6.07) is 3.52. The number of rotatable bonds is 6. The first kappa shape index (κ1) is 25.2. The van der Waals surface area contributed by atoms with Crippen LogP contribution in [0.1, 0.15) is 47.1 Å². The molecule has 2 aliphatic heterocycles. The van der Waals surface area contributed by atoms with Crippen LogP contribution in [-0.2, 0) is 20.8 Å². The SMILES string of the molecule is CCOC(=O)C1CCN(C(=O)c2c(C)c(N3CCOCC3)c(C)n2Cc2ccc(F)cc2F)CC1. The van der Waals surface area contributed by atoms with Gasteiger partial charge in [-0.25, -0.2) is 8.78 Å². The molecule has 1 amide bonds. The summed E-state index contributed by atoms with van der Waals surface area (Å²) in [6.45, 7) is 9.60. The fourth-order valence-electron chi connectivity index (χ4n) is 5.16. The molecule has 35 heavy (non-hydrogen) atoms. The predicted molar refractivity (Wildman–Crippen MR) is 128 cm³/mol. The van der Waals surface area contributed by atoms with Gasteiger partial charge in [0.15, 0.2) is 0 Å². The Morgan fingerprint density at radius 1 is 1.09 bits per heavy atom. The van der Waals surface area contributed by atoms with E-state index >= 15 is 0 Å². The van der Waals surface area contributed by atoms with Crippen LogP contribution >= 0.6 is 0 Å². The number of esters is 1. The molecule has 0 unspecified atom stereocenters. The second-order valence-electron chi connectivity index (χ2n) is 9.15. The van der Waals surface area contributed by atoms with Gasteiger partial charge in [-0.05, 0) is 39.7 Å². The number of likely N-dealkylation sites (tertiary alicyclic amines) is 1. The maximum atomic E-state index is 14.6. The van der Waals surface area contributed by atoms with Gasteiger partial charge in [-0.1, -0.05) is 6.07 Å². The zero-order valence-corrected chi connectivity index (χ0v) is 20.6. The molecule has 0 aliphatic carbocycles. The van der Waals surface area contributed by atoms with Gasteiger partial charge in [0, 0.05) is 49.1 Å². The molecule has 1 aromatic carbocycles. The van der Waals surface area contributed by atoms with Gasteiger partial charge in [0.25, 0.3) is 5.91 Å². The topological polar surface area (TPSA) is 64.0 Å². The third-order valence-electron chi connectivity index (χ3n) is 7.00. The summed E-state index contributed by atoms with van der Waals surface area (Å²) in [6.07, 6.45) is 1.10. The highest BCUT2D eigenvalue weighted by atomic mass is 19.1. The first-order valence-electron chi connectivity index (χ1n) is 12.2. The number of morpholine rings is 1. The van der Waals surface area contributed by atoms with Crippen molar-refractivity contribution >= 4 is 17.6 Å². The zero-order valence-electron chi connectivity index (χ0n) is 20.6. The Labute approximate surface area is 204 Å². The minimum absolute atomic E-state index is 0.115. The summed E-state index contributed by atoms with van der Waals surface area (Å²) in [5.41, 5.74) is 3.47. The van der Waals surface area contributed by atoms with Gasteiger partial charge in [-0.15, -0.1) is 0 Å². The predicted octanol–water partition coefficient (Wildman–Crippen LogP) is 3.68. The van der Waals surface area contributed by atoms with E-state index < -0.39 is 11.6 Å². The van der Waals surface area contributed by atoms with E-state index in [4.69, 9.17) is 9.47 Å². The number of carbonyl (C=O) groups is 2. The van der Waals surface area contributed by atoms with Crippen LogP contribution in [0.2, 0.25) is 0 Å². The highest BCUT2D eigenvalue weighted by Crippen LogP contribution is 2.34. The monoisotopic (exact) mass is 489 g/mol. The Morgan fingerprint density at radius 2 is 1.77 bits per heavy atom. The van der Waals surface area contributed by atoms with Crippen LogP contribution in [0, 0.1) is 31.4 Å². The lowest BCUT2D eigenvalue weighted by Gasteiger charge is -2.31. The fraction of sp³-hybridized carbons (Fsp3) is 0.538. The fourth-order valence-corrected chi connectivity index (χ4v) is 5.16. The molecular weight excluding hydrogens is 456 g/mol. The van der Waals surface area contributed by atoms with E-state index in [-0.39, 0.29) is 24.3 Å².